The third-order valence-corrected chi connectivity index (χ3v) is 5.49. The Hall–Kier alpha value is -2.18. The molecule has 2 aliphatic rings. The van der Waals surface area contributed by atoms with Gasteiger partial charge in [-0.15, -0.1) is 0 Å². The molecule has 142 valence electrons. The standard InChI is InChI=1S/C19H28N4O3/c1-14-12-15(2)23(19(26)20-14)13-18(25)22-10-4-3-6-16(22)8-11-21-9-5-7-17(21)24/h12,16H,3-11,13H2,1-2H3. The second-order valence-corrected chi connectivity index (χ2v) is 7.42. The van der Waals surface area contributed by atoms with E-state index in [1.807, 2.05) is 22.8 Å². The fraction of sp³-hybridized carbons (Fsp3) is 0.684. The van der Waals surface area contributed by atoms with Gasteiger partial charge in [-0.25, -0.2) is 4.79 Å². The highest BCUT2D eigenvalue weighted by Gasteiger charge is 2.29. The number of rotatable bonds is 5. The summed E-state index contributed by atoms with van der Waals surface area (Å²) in [5.41, 5.74) is 1.06. The number of hydrogen-bond donors (Lipinski definition) is 0. The fourth-order valence-electron chi connectivity index (χ4n) is 4.07. The maximum absolute atomic E-state index is 12.9. The number of nitrogens with zero attached hydrogens (tertiary/aromatic N) is 4. The lowest BCUT2D eigenvalue weighted by Crippen LogP contribution is -2.47. The van der Waals surface area contributed by atoms with E-state index in [4.69, 9.17) is 0 Å². The van der Waals surface area contributed by atoms with Gasteiger partial charge < -0.3 is 9.80 Å². The first kappa shape index (κ1) is 18.6. The minimum Gasteiger partial charge on any atom is -0.343 e. The average Bonchev–Trinajstić information content (AvgIpc) is 3.01. The Morgan fingerprint density at radius 3 is 2.69 bits per heavy atom. The van der Waals surface area contributed by atoms with Crippen molar-refractivity contribution in [2.45, 2.75) is 65.0 Å². The SMILES string of the molecule is Cc1cc(C)n(CC(=O)N2CCCCC2CCN2CCCC2=O)c(=O)n1. The average molecular weight is 360 g/mol. The summed E-state index contributed by atoms with van der Waals surface area (Å²) in [4.78, 5) is 44.6. The van der Waals surface area contributed by atoms with Crippen molar-refractivity contribution in [3.05, 3.63) is 27.9 Å². The van der Waals surface area contributed by atoms with Crippen LogP contribution in [0.1, 0.15) is 49.9 Å². The van der Waals surface area contributed by atoms with Crippen LogP contribution in [0, 0.1) is 13.8 Å². The number of aromatic nitrogens is 2. The van der Waals surface area contributed by atoms with Crippen molar-refractivity contribution < 1.29 is 9.59 Å². The van der Waals surface area contributed by atoms with Crippen molar-refractivity contribution in [2.24, 2.45) is 0 Å². The van der Waals surface area contributed by atoms with Gasteiger partial charge in [-0.05, 0) is 52.0 Å². The summed E-state index contributed by atoms with van der Waals surface area (Å²) in [5.74, 6) is 0.199. The maximum atomic E-state index is 12.9. The molecule has 0 saturated carbocycles. The molecule has 2 saturated heterocycles. The van der Waals surface area contributed by atoms with E-state index < -0.39 is 0 Å². The second-order valence-electron chi connectivity index (χ2n) is 7.42. The van der Waals surface area contributed by atoms with E-state index in [1.54, 1.807) is 6.92 Å². The smallest absolute Gasteiger partial charge is 0.343 e. The number of carbonyl (C=O) groups is 2. The molecule has 1 aromatic rings. The monoisotopic (exact) mass is 360 g/mol. The summed E-state index contributed by atoms with van der Waals surface area (Å²) in [5, 5.41) is 0. The molecule has 0 N–H and O–H groups in total. The van der Waals surface area contributed by atoms with Gasteiger partial charge in [0.2, 0.25) is 11.8 Å². The predicted octanol–water partition coefficient (Wildman–Crippen LogP) is 1.25. The Morgan fingerprint density at radius 1 is 1.19 bits per heavy atom. The number of carbonyl (C=O) groups excluding carboxylic acids is 2. The van der Waals surface area contributed by atoms with Crippen LogP contribution >= 0.6 is 0 Å². The van der Waals surface area contributed by atoms with Gasteiger partial charge in [0.15, 0.2) is 0 Å². The quantitative estimate of drug-likeness (QED) is 0.792. The Balaban J connectivity index is 1.66. The van der Waals surface area contributed by atoms with E-state index >= 15 is 0 Å². The molecule has 3 heterocycles. The summed E-state index contributed by atoms with van der Waals surface area (Å²) in [6.07, 6.45) is 5.47. The molecular formula is C19H28N4O3. The highest BCUT2D eigenvalue weighted by molar-refractivity contribution is 5.78. The van der Waals surface area contributed by atoms with Crippen molar-refractivity contribution >= 4 is 11.8 Å². The van der Waals surface area contributed by atoms with Crippen LogP contribution in [0.3, 0.4) is 0 Å². The minimum atomic E-state index is -0.368. The van der Waals surface area contributed by atoms with Crippen molar-refractivity contribution in [2.75, 3.05) is 19.6 Å². The summed E-state index contributed by atoms with van der Waals surface area (Å²) >= 11 is 0. The highest BCUT2D eigenvalue weighted by atomic mass is 16.2. The first-order valence-electron chi connectivity index (χ1n) is 9.58. The molecule has 1 atom stereocenters. The Kier molecular flexibility index (Phi) is 5.74. The molecule has 0 radical (unpaired) electrons. The zero-order chi connectivity index (χ0) is 18.7. The first-order chi connectivity index (χ1) is 12.5. The molecule has 0 bridgehead atoms. The topological polar surface area (TPSA) is 75.5 Å². The number of amides is 2. The molecule has 0 aromatic carbocycles. The molecule has 1 aromatic heterocycles. The van der Waals surface area contributed by atoms with Gasteiger partial charge in [0, 0.05) is 43.5 Å². The number of aryl methyl sites for hydroxylation is 2. The predicted molar refractivity (Wildman–Crippen MR) is 97.8 cm³/mol. The van der Waals surface area contributed by atoms with Crippen molar-refractivity contribution in [1.82, 2.24) is 19.4 Å². The summed E-state index contributed by atoms with van der Waals surface area (Å²) in [6.45, 7) is 5.93. The Morgan fingerprint density at radius 2 is 2.00 bits per heavy atom. The number of likely N-dealkylation sites (tertiary alicyclic amines) is 2. The second kappa shape index (κ2) is 8.01. The van der Waals surface area contributed by atoms with Gasteiger partial charge >= 0.3 is 5.69 Å². The van der Waals surface area contributed by atoms with Crippen molar-refractivity contribution in [3.8, 4) is 0 Å². The van der Waals surface area contributed by atoms with Gasteiger partial charge in [-0.1, -0.05) is 0 Å². The third-order valence-electron chi connectivity index (χ3n) is 5.49. The van der Waals surface area contributed by atoms with Crippen LogP contribution in [0.5, 0.6) is 0 Å². The molecule has 1 unspecified atom stereocenters. The summed E-state index contributed by atoms with van der Waals surface area (Å²) < 4.78 is 1.45. The van der Waals surface area contributed by atoms with Crippen molar-refractivity contribution in [3.63, 3.8) is 0 Å². The van der Waals surface area contributed by atoms with Gasteiger partial charge in [-0.2, -0.15) is 4.98 Å². The lowest BCUT2D eigenvalue weighted by atomic mass is 9.99. The molecular weight excluding hydrogens is 332 g/mol. The molecule has 3 rings (SSSR count). The van der Waals surface area contributed by atoms with Gasteiger partial charge in [0.05, 0.1) is 0 Å². The molecule has 2 amide bonds. The molecule has 26 heavy (non-hydrogen) atoms. The largest absolute Gasteiger partial charge is 0.348 e. The van der Waals surface area contributed by atoms with Gasteiger partial charge in [0.25, 0.3) is 0 Å². The molecule has 7 heteroatoms. The fourth-order valence-corrected chi connectivity index (χ4v) is 4.07. The van der Waals surface area contributed by atoms with E-state index in [-0.39, 0.29) is 30.1 Å². The lowest BCUT2D eigenvalue weighted by Gasteiger charge is -2.37. The zero-order valence-electron chi connectivity index (χ0n) is 15.7. The van der Waals surface area contributed by atoms with E-state index in [0.717, 1.165) is 57.4 Å². The number of hydrogen-bond acceptors (Lipinski definition) is 4. The van der Waals surface area contributed by atoms with E-state index in [2.05, 4.69) is 4.98 Å². The van der Waals surface area contributed by atoms with Gasteiger partial charge in [0.1, 0.15) is 6.54 Å². The van der Waals surface area contributed by atoms with E-state index in [0.29, 0.717) is 12.1 Å². The lowest BCUT2D eigenvalue weighted by molar-refractivity contribution is -0.136. The highest BCUT2D eigenvalue weighted by Crippen LogP contribution is 2.22. The zero-order valence-corrected chi connectivity index (χ0v) is 15.7. The maximum Gasteiger partial charge on any atom is 0.348 e. The molecule has 2 aliphatic heterocycles. The third kappa shape index (κ3) is 4.14. The first-order valence-corrected chi connectivity index (χ1v) is 9.58. The van der Waals surface area contributed by atoms with Crippen LogP contribution in [0.4, 0.5) is 0 Å². The van der Waals surface area contributed by atoms with E-state index in [9.17, 15) is 14.4 Å². The molecule has 0 spiro atoms. The van der Waals surface area contributed by atoms with Crippen LogP contribution in [0.2, 0.25) is 0 Å². The van der Waals surface area contributed by atoms with Crippen molar-refractivity contribution in [1.29, 1.82) is 0 Å². The van der Waals surface area contributed by atoms with Crippen LogP contribution in [0.25, 0.3) is 0 Å². The van der Waals surface area contributed by atoms with Gasteiger partial charge in [-0.3, -0.25) is 14.2 Å². The van der Waals surface area contributed by atoms with E-state index in [1.165, 1.54) is 4.57 Å². The summed E-state index contributed by atoms with van der Waals surface area (Å²) in [6, 6.07) is 1.97. The summed E-state index contributed by atoms with van der Waals surface area (Å²) in [7, 11) is 0. The molecule has 0 aliphatic carbocycles. The molecule has 7 nitrogen and oxygen atoms in total. The van der Waals surface area contributed by atoms with Crippen LogP contribution in [-0.4, -0.2) is 56.8 Å². The van der Waals surface area contributed by atoms with Crippen LogP contribution in [0.15, 0.2) is 10.9 Å². The minimum absolute atomic E-state index is 0.0294. The Bertz CT molecular complexity index is 743. The normalized spacial score (nSPS) is 20.7. The number of piperidine rings is 1. The Labute approximate surface area is 154 Å². The van der Waals surface area contributed by atoms with Crippen LogP contribution < -0.4 is 5.69 Å². The van der Waals surface area contributed by atoms with Crippen LogP contribution in [-0.2, 0) is 16.1 Å². The molecule has 2 fully saturated rings.